The van der Waals surface area contributed by atoms with Crippen molar-refractivity contribution in [2.75, 3.05) is 7.05 Å². The minimum absolute atomic E-state index is 1.02. The third-order valence-electron chi connectivity index (χ3n) is 1.48. The summed E-state index contributed by atoms with van der Waals surface area (Å²) in [5.41, 5.74) is 2.34. The van der Waals surface area contributed by atoms with Crippen LogP contribution in [0.25, 0.3) is 0 Å². The molecule has 0 saturated carbocycles. The van der Waals surface area contributed by atoms with E-state index in [4.69, 9.17) is 0 Å². The second-order valence-corrected chi connectivity index (χ2v) is 2.34. The molecule has 1 N–H and O–H groups in total. The molecule has 1 heteroatoms. The van der Waals surface area contributed by atoms with E-state index in [0.29, 0.717) is 0 Å². The van der Waals surface area contributed by atoms with Gasteiger partial charge < -0.3 is 5.32 Å². The first-order valence-electron chi connectivity index (χ1n) is 3.94. The highest BCUT2D eigenvalue weighted by Gasteiger charge is 1.93. The number of hydrogen-bond donors (Lipinski definition) is 1. The van der Waals surface area contributed by atoms with E-state index in [1.807, 2.05) is 32.3 Å². The Kier molecular flexibility index (Phi) is 5.26. The van der Waals surface area contributed by atoms with Crippen molar-refractivity contribution in [1.82, 2.24) is 5.32 Å². The Labute approximate surface area is 69.5 Å². The molecule has 0 unspecified atom stereocenters. The van der Waals surface area contributed by atoms with Gasteiger partial charge in [-0.3, -0.25) is 0 Å². The lowest BCUT2D eigenvalue weighted by molar-refractivity contribution is 1.03. The highest BCUT2D eigenvalue weighted by molar-refractivity contribution is 5.36. The van der Waals surface area contributed by atoms with Crippen molar-refractivity contribution in [1.29, 1.82) is 0 Å². The summed E-state index contributed by atoms with van der Waals surface area (Å²) < 4.78 is 0. The molecule has 0 rings (SSSR count). The molecule has 0 aromatic rings. The zero-order chi connectivity index (χ0) is 8.69. The minimum Gasteiger partial charge on any atom is -0.394 e. The normalized spacial score (nSPS) is 12.1. The molecule has 0 aliphatic heterocycles. The Hall–Kier alpha value is -0.980. The van der Waals surface area contributed by atoms with Crippen molar-refractivity contribution >= 4 is 0 Å². The van der Waals surface area contributed by atoms with Crippen LogP contribution in [0, 0.1) is 0 Å². The van der Waals surface area contributed by atoms with Gasteiger partial charge in [0.25, 0.3) is 0 Å². The van der Waals surface area contributed by atoms with E-state index in [0.717, 1.165) is 12.0 Å². The number of allylic oxidation sites excluding steroid dienone is 4. The summed E-state index contributed by atoms with van der Waals surface area (Å²) in [5, 5.41) is 3.00. The van der Waals surface area contributed by atoms with Gasteiger partial charge in [0.2, 0.25) is 0 Å². The summed E-state index contributed by atoms with van der Waals surface area (Å²) in [6.45, 7) is 8.06. The van der Waals surface area contributed by atoms with Gasteiger partial charge in [-0.25, -0.2) is 0 Å². The molecular formula is C10H17N. The Morgan fingerprint density at radius 2 is 2.18 bits per heavy atom. The summed E-state index contributed by atoms with van der Waals surface area (Å²) >= 11 is 0. The van der Waals surface area contributed by atoms with Gasteiger partial charge in [0.15, 0.2) is 0 Å². The lowest BCUT2D eigenvalue weighted by Crippen LogP contribution is -1.96. The van der Waals surface area contributed by atoms with Crippen LogP contribution < -0.4 is 5.32 Å². The van der Waals surface area contributed by atoms with Crippen LogP contribution in [-0.2, 0) is 0 Å². The van der Waals surface area contributed by atoms with Gasteiger partial charge in [-0.15, -0.1) is 0 Å². The maximum Gasteiger partial charge on any atom is 0.00278 e. The average Bonchev–Trinajstić information content (AvgIpc) is 2.00. The van der Waals surface area contributed by atoms with Crippen molar-refractivity contribution in [3.8, 4) is 0 Å². The second-order valence-electron chi connectivity index (χ2n) is 2.34. The van der Waals surface area contributed by atoms with E-state index in [1.165, 1.54) is 5.57 Å². The molecule has 0 amide bonds. The van der Waals surface area contributed by atoms with E-state index >= 15 is 0 Å². The number of nitrogens with one attached hydrogen (secondary N) is 1. The number of hydrogen-bond acceptors (Lipinski definition) is 1. The van der Waals surface area contributed by atoms with Gasteiger partial charge in [0.05, 0.1) is 0 Å². The molecule has 0 aliphatic carbocycles. The van der Waals surface area contributed by atoms with E-state index in [1.54, 1.807) is 0 Å². The molecule has 0 atom stereocenters. The molecule has 1 nitrogen and oxygen atoms in total. The van der Waals surface area contributed by atoms with Crippen LogP contribution in [-0.4, -0.2) is 7.05 Å². The fourth-order valence-corrected chi connectivity index (χ4v) is 0.904. The Morgan fingerprint density at radius 1 is 1.55 bits per heavy atom. The third-order valence-corrected chi connectivity index (χ3v) is 1.48. The van der Waals surface area contributed by atoms with Crippen LogP contribution in [0.3, 0.4) is 0 Å². The zero-order valence-electron chi connectivity index (χ0n) is 7.65. The van der Waals surface area contributed by atoms with Crippen molar-refractivity contribution in [3.63, 3.8) is 0 Å². The van der Waals surface area contributed by atoms with Crippen LogP contribution in [0.1, 0.15) is 20.3 Å². The van der Waals surface area contributed by atoms with E-state index < -0.39 is 0 Å². The molecule has 62 valence electrons. The molecular weight excluding hydrogens is 134 g/mol. The van der Waals surface area contributed by atoms with E-state index in [2.05, 4.69) is 18.8 Å². The first-order valence-corrected chi connectivity index (χ1v) is 3.94. The SMILES string of the molecule is C=C(/C=C\C)/C(=C\NC)CC. The molecule has 11 heavy (non-hydrogen) atoms. The van der Waals surface area contributed by atoms with Crippen LogP contribution >= 0.6 is 0 Å². The lowest BCUT2D eigenvalue weighted by Gasteiger charge is -2.02. The first-order chi connectivity index (χ1) is 5.26. The topological polar surface area (TPSA) is 12.0 Å². The lowest BCUT2D eigenvalue weighted by atomic mass is 10.1. The maximum absolute atomic E-state index is 3.94. The highest BCUT2D eigenvalue weighted by Crippen LogP contribution is 2.11. The Bertz CT molecular complexity index is 175. The second kappa shape index (κ2) is 5.78. The van der Waals surface area contributed by atoms with E-state index in [-0.39, 0.29) is 0 Å². The van der Waals surface area contributed by atoms with Crippen molar-refractivity contribution in [2.24, 2.45) is 0 Å². The van der Waals surface area contributed by atoms with Crippen molar-refractivity contribution in [2.45, 2.75) is 20.3 Å². The molecule has 0 aromatic heterocycles. The summed E-state index contributed by atoms with van der Waals surface area (Å²) in [6, 6.07) is 0. The predicted octanol–water partition coefficient (Wildman–Crippen LogP) is 2.63. The van der Waals surface area contributed by atoms with Gasteiger partial charge in [-0.1, -0.05) is 25.7 Å². The highest BCUT2D eigenvalue weighted by atomic mass is 14.8. The standard InChI is InChI=1S/C10H17N/c1-5-7-9(3)10(6-2)8-11-4/h5,7-8,11H,3,6H2,1-2,4H3/b7-5-,10-8-. The summed E-state index contributed by atoms with van der Waals surface area (Å²) in [5.74, 6) is 0. The summed E-state index contributed by atoms with van der Waals surface area (Å²) in [7, 11) is 1.90. The minimum atomic E-state index is 1.02. The fourth-order valence-electron chi connectivity index (χ4n) is 0.904. The van der Waals surface area contributed by atoms with Crippen LogP contribution in [0.4, 0.5) is 0 Å². The quantitative estimate of drug-likeness (QED) is 0.609. The molecule has 0 aromatic carbocycles. The third kappa shape index (κ3) is 3.66. The van der Waals surface area contributed by atoms with E-state index in [9.17, 15) is 0 Å². The van der Waals surface area contributed by atoms with Gasteiger partial charge in [-0.2, -0.15) is 0 Å². The Morgan fingerprint density at radius 3 is 2.55 bits per heavy atom. The van der Waals surface area contributed by atoms with Crippen LogP contribution in [0.5, 0.6) is 0 Å². The maximum atomic E-state index is 3.94. The van der Waals surface area contributed by atoms with Crippen molar-refractivity contribution < 1.29 is 0 Å². The predicted molar refractivity (Wildman–Crippen MR) is 51.4 cm³/mol. The molecule has 0 heterocycles. The molecule has 0 spiro atoms. The van der Waals surface area contributed by atoms with Crippen molar-refractivity contribution in [3.05, 3.63) is 36.1 Å². The smallest absolute Gasteiger partial charge is 0.00278 e. The fraction of sp³-hybridized carbons (Fsp3) is 0.400. The largest absolute Gasteiger partial charge is 0.394 e. The summed E-state index contributed by atoms with van der Waals surface area (Å²) in [6.07, 6.45) is 7.03. The van der Waals surface area contributed by atoms with Gasteiger partial charge >= 0.3 is 0 Å². The average molecular weight is 151 g/mol. The van der Waals surface area contributed by atoms with Gasteiger partial charge in [-0.05, 0) is 30.7 Å². The monoisotopic (exact) mass is 151 g/mol. The molecule has 0 radical (unpaired) electrons. The van der Waals surface area contributed by atoms with Gasteiger partial charge in [0.1, 0.15) is 0 Å². The molecule has 0 fully saturated rings. The Balaban J connectivity index is 4.26. The molecule has 0 aliphatic rings. The van der Waals surface area contributed by atoms with Crippen LogP contribution in [0.15, 0.2) is 36.1 Å². The molecule has 0 bridgehead atoms. The zero-order valence-corrected chi connectivity index (χ0v) is 7.65. The van der Waals surface area contributed by atoms with Gasteiger partial charge in [0, 0.05) is 7.05 Å². The first kappa shape index (κ1) is 10.0. The number of rotatable bonds is 4. The molecule has 0 saturated heterocycles. The summed E-state index contributed by atoms with van der Waals surface area (Å²) in [4.78, 5) is 0. The van der Waals surface area contributed by atoms with Crippen LogP contribution in [0.2, 0.25) is 0 Å².